The lowest BCUT2D eigenvalue weighted by atomic mass is 9.87. The van der Waals surface area contributed by atoms with Crippen molar-refractivity contribution in [2.75, 3.05) is 5.32 Å². The van der Waals surface area contributed by atoms with Gasteiger partial charge in [0.1, 0.15) is 0 Å². The molecule has 1 N–H and O–H groups in total. The third-order valence-corrected chi connectivity index (χ3v) is 4.29. The number of nitrogens with one attached hydrogen (secondary N) is 1. The van der Waals surface area contributed by atoms with Crippen LogP contribution in [-0.2, 0) is 13.0 Å². The van der Waals surface area contributed by atoms with Gasteiger partial charge in [-0.3, -0.25) is 4.98 Å². The van der Waals surface area contributed by atoms with Gasteiger partial charge in [-0.1, -0.05) is 24.4 Å². The van der Waals surface area contributed by atoms with Crippen molar-refractivity contribution in [1.82, 2.24) is 15.2 Å². The first-order valence-electron chi connectivity index (χ1n) is 7.45. The van der Waals surface area contributed by atoms with Gasteiger partial charge in [0, 0.05) is 29.8 Å². The number of aromatic nitrogens is 3. The normalized spacial score (nSPS) is 16.0. The van der Waals surface area contributed by atoms with Gasteiger partial charge in [0.25, 0.3) is 0 Å². The summed E-state index contributed by atoms with van der Waals surface area (Å²) in [5.74, 6) is 1.46. The smallest absolute Gasteiger partial charge is 0.315 e. The van der Waals surface area contributed by atoms with Gasteiger partial charge in [0.05, 0.1) is 0 Å². The van der Waals surface area contributed by atoms with Crippen LogP contribution in [0.25, 0.3) is 0 Å². The fraction of sp³-hybridized carbons (Fsp3) is 0.533. The van der Waals surface area contributed by atoms with Gasteiger partial charge in [0.2, 0.25) is 5.89 Å². The lowest BCUT2D eigenvalue weighted by molar-refractivity contribution is 0.330. The van der Waals surface area contributed by atoms with E-state index >= 15 is 0 Å². The number of anilines is 1. The number of halogens is 1. The van der Waals surface area contributed by atoms with Crippen molar-refractivity contribution in [2.24, 2.45) is 5.92 Å². The first kappa shape index (κ1) is 14.5. The lowest BCUT2D eigenvalue weighted by Gasteiger charge is -2.19. The third kappa shape index (κ3) is 4.27. The Labute approximate surface area is 132 Å². The summed E-state index contributed by atoms with van der Waals surface area (Å²) >= 11 is 3.41. The van der Waals surface area contributed by atoms with Crippen LogP contribution in [0.1, 0.15) is 43.6 Å². The Balaban J connectivity index is 1.52. The Morgan fingerprint density at radius 2 is 2.05 bits per heavy atom. The largest absolute Gasteiger partial charge is 0.408 e. The van der Waals surface area contributed by atoms with Crippen LogP contribution in [0.5, 0.6) is 0 Å². The molecule has 0 aliphatic heterocycles. The van der Waals surface area contributed by atoms with Crippen molar-refractivity contribution in [2.45, 2.75) is 45.1 Å². The molecule has 0 saturated heterocycles. The van der Waals surface area contributed by atoms with Crippen molar-refractivity contribution in [1.29, 1.82) is 0 Å². The van der Waals surface area contributed by atoms with Crippen LogP contribution in [-0.4, -0.2) is 15.2 Å². The van der Waals surface area contributed by atoms with Crippen LogP contribution in [0.2, 0.25) is 0 Å². The Kier molecular flexibility index (Phi) is 4.85. The highest BCUT2D eigenvalue weighted by Crippen LogP contribution is 2.26. The molecule has 1 aliphatic carbocycles. The van der Waals surface area contributed by atoms with Gasteiger partial charge < -0.3 is 9.73 Å². The number of rotatable bonds is 5. The SMILES string of the molecule is Brc1cncc(CNc2nnc(CC3CCCCC3)o2)c1. The highest BCUT2D eigenvalue weighted by Gasteiger charge is 2.17. The van der Waals surface area contributed by atoms with E-state index in [1.54, 1.807) is 6.20 Å². The van der Waals surface area contributed by atoms with E-state index in [1.165, 1.54) is 32.1 Å². The Hall–Kier alpha value is -1.43. The Morgan fingerprint density at radius 3 is 2.86 bits per heavy atom. The van der Waals surface area contributed by atoms with Crippen molar-refractivity contribution in [3.05, 3.63) is 34.4 Å². The minimum atomic E-state index is 0.487. The van der Waals surface area contributed by atoms with Crippen molar-refractivity contribution < 1.29 is 4.42 Å². The van der Waals surface area contributed by atoms with E-state index in [4.69, 9.17) is 4.42 Å². The molecule has 1 saturated carbocycles. The van der Waals surface area contributed by atoms with Gasteiger partial charge in [-0.05, 0) is 46.3 Å². The molecule has 1 fully saturated rings. The second-order valence-electron chi connectivity index (χ2n) is 5.57. The first-order valence-corrected chi connectivity index (χ1v) is 8.24. The van der Waals surface area contributed by atoms with Crippen LogP contribution in [0.15, 0.2) is 27.3 Å². The molecular formula is C15H19BrN4O. The quantitative estimate of drug-likeness (QED) is 0.883. The maximum absolute atomic E-state index is 5.67. The number of hydrogen-bond donors (Lipinski definition) is 1. The number of pyridine rings is 1. The summed E-state index contributed by atoms with van der Waals surface area (Å²) in [6.45, 7) is 0.623. The average Bonchev–Trinajstić information content (AvgIpc) is 2.94. The monoisotopic (exact) mass is 350 g/mol. The van der Waals surface area contributed by atoms with Crippen LogP contribution >= 0.6 is 15.9 Å². The van der Waals surface area contributed by atoms with Crippen molar-refractivity contribution in [3.8, 4) is 0 Å². The summed E-state index contributed by atoms with van der Waals surface area (Å²) in [4.78, 5) is 4.13. The fourth-order valence-electron chi connectivity index (χ4n) is 2.78. The minimum Gasteiger partial charge on any atom is -0.408 e. The molecule has 112 valence electrons. The predicted octanol–water partition coefficient (Wildman–Crippen LogP) is 3.96. The molecule has 0 aromatic carbocycles. The first-order chi connectivity index (χ1) is 10.3. The molecule has 6 heteroatoms. The van der Waals surface area contributed by atoms with E-state index in [2.05, 4.69) is 36.4 Å². The molecule has 0 atom stereocenters. The molecule has 2 heterocycles. The molecule has 5 nitrogen and oxygen atoms in total. The van der Waals surface area contributed by atoms with Gasteiger partial charge >= 0.3 is 6.01 Å². The summed E-state index contributed by atoms with van der Waals surface area (Å²) < 4.78 is 6.64. The maximum Gasteiger partial charge on any atom is 0.315 e. The van der Waals surface area contributed by atoms with E-state index in [1.807, 2.05) is 12.3 Å². The molecule has 1 aliphatic rings. The summed E-state index contributed by atoms with van der Waals surface area (Å²) in [6, 6.07) is 2.50. The second-order valence-corrected chi connectivity index (χ2v) is 6.49. The van der Waals surface area contributed by atoms with Crippen molar-refractivity contribution >= 4 is 21.9 Å². The zero-order chi connectivity index (χ0) is 14.5. The second kappa shape index (κ2) is 7.02. The van der Waals surface area contributed by atoms with Gasteiger partial charge in [-0.25, -0.2) is 0 Å². The van der Waals surface area contributed by atoms with Crippen LogP contribution in [0, 0.1) is 5.92 Å². The zero-order valence-corrected chi connectivity index (χ0v) is 13.5. The predicted molar refractivity (Wildman–Crippen MR) is 83.8 cm³/mol. The topological polar surface area (TPSA) is 63.8 Å². The van der Waals surface area contributed by atoms with Crippen LogP contribution in [0.4, 0.5) is 6.01 Å². The molecular weight excluding hydrogens is 332 g/mol. The summed E-state index contributed by atoms with van der Waals surface area (Å²) in [5.41, 5.74) is 1.07. The maximum atomic E-state index is 5.67. The molecule has 0 bridgehead atoms. The molecule has 0 unspecified atom stereocenters. The van der Waals surface area contributed by atoms with Gasteiger partial charge in [-0.15, -0.1) is 5.10 Å². The Morgan fingerprint density at radius 1 is 1.19 bits per heavy atom. The van der Waals surface area contributed by atoms with E-state index in [0.29, 0.717) is 18.5 Å². The lowest BCUT2D eigenvalue weighted by Crippen LogP contribution is -2.09. The molecule has 0 radical (unpaired) electrons. The molecule has 0 amide bonds. The van der Waals surface area contributed by atoms with E-state index in [0.717, 1.165) is 22.3 Å². The molecule has 0 spiro atoms. The van der Waals surface area contributed by atoms with E-state index in [9.17, 15) is 0 Å². The van der Waals surface area contributed by atoms with Crippen LogP contribution in [0.3, 0.4) is 0 Å². The van der Waals surface area contributed by atoms with E-state index < -0.39 is 0 Å². The fourth-order valence-corrected chi connectivity index (χ4v) is 3.19. The Bertz CT molecular complexity index is 581. The van der Waals surface area contributed by atoms with Gasteiger partial charge in [0.15, 0.2) is 0 Å². The highest BCUT2D eigenvalue weighted by molar-refractivity contribution is 9.10. The summed E-state index contributed by atoms with van der Waals surface area (Å²) in [7, 11) is 0. The summed E-state index contributed by atoms with van der Waals surface area (Å²) in [5, 5.41) is 11.3. The molecule has 3 rings (SSSR count). The van der Waals surface area contributed by atoms with Crippen molar-refractivity contribution in [3.63, 3.8) is 0 Å². The summed E-state index contributed by atoms with van der Waals surface area (Å²) in [6.07, 6.45) is 11.1. The standard InChI is InChI=1S/C15H19BrN4O/c16-13-6-12(8-17-10-13)9-18-15-20-19-14(21-15)7-11-4-2-1-3-5-11/h6,8,10-11H,1-5,7,9H2,(H,18,20). The van der Waals surface area contributed by atoms with Crippen LogP contribution < -0.4 is 5.32 Å². The zero-order valence-electron chi connectivity index (χ0n) is 11.9. The van der Waals surface area contributed by atoms with E-state index in [-0.39, 0.29) is 0 Å². The highest BCUT2D eigenvalue weighted by atomic mass is 79.9. The molecule has 2 aromatic rings. The third-order valence-electron chi connectivity index (χ3n) is 3.86. The molecule has 2 aromatic heterocycles. The molecule has 21 heavy (non-hydrogen) atoms. The van der Waals surface area contributed by atoms with Gasteiger partial charge in [-0.2, -0.15) is 0 Å². The number of nitrogens with zero attached hydrogens (tertiary/aromatic N) is 3. The minimum absolute atomic E-state index is 0.487. The number of hydrogen-bond acceptors (Lipinski definition) is 5. The average molecular weight is 351 g/mol.